The van der Waals surface area contributed by atoms with Gasteiger partial charge in [-0.2, -0.15) is 0 Å². The van der Waals surface area contributed by atoms with E-state index in [0.29, 0.717) is 12.6 Å². The predicted molar refractivity (Wildman–Crippen MR) is 128 cm³/mol. The van der Waals surface area contributed by atoms with Crippen LogP contribution in [0.15, 0.2) is 23.0 Å². The Morgan fingerprint density at radius 3 is 2.77 bits per heavy atom. The number of nitrogens with one attached hydrogen (secondary N) is 2. The number of nitrogens with zero attached hydrogens (tertiary/aromatic N) is 1. The molecule has 1 heterocycles. The van der Waals surface area contributed by atoms with E-state index in [1.807, 2.05) is 13.0 Å². The molecule has 1 aromatic carbocycles. The zero-order valence-corrected chi connectivity index (χ0v) is 19.4. The molecule has 1 aromatic heterocycles. The summed E-state index contributed by atoms with van der Waals surface area (Å²) >= 11 is 5.77. The summed E-state index contributed by atoms with van der Waals surface area (Å²) < 4.78 is 5.42. The topological polar surface area (TPSA) is 57.4 Å². The third-order valence-corrected chi connectivity index (χ3v) is 6.57. The van der Waals surface area contributed by atoms with Gasteiger partial charge in [0.25, 0.3) is 5.56 Å². The number of hydrogen-bond donors (Lipinski definition) is 2. The Morgan fingerprint density at radius 1 is 1.27 bits per heavy atom. The van der Waals surface area contributed by atoms with Crippen molar-refractivity contribution >= 4 is 28.2 Å². The SMILES string of the molecule is CCOCCCNC(=S)N(Cc1cc2ccc(C)c(C)c2[nH]c1=O)C1CCCCC1. The normalized spacial score (nSPS) is 14.8. The van der Waals surface area contributed by atoms with E-state index in [2.05, 4.69) is 41.2 Å². The van der Waals surface area contributed by atoms with Crippen molar-refractivity contribution in [1.29, 1.82) is 0 Å². The van der Waals surface area contributed by atoms with Crippen molar-refractivity contribution in [2.24, 2.45) is 0 Å². The number of pyridine rings is 1. The van der Waals surface area contributed by atoms with E-state index in [1.54, 1.807) is 0 Å². The number of hydrogen-bond acceptors (Lipinski definition) is 3. The average molecular weight is 430 g/mol. The van der Waals surface area contributed by atoms with E-state index in [9.17, 15) is 4.79 Å². The van der Waals surface area contributed by atoms with E-state index in [-0.39, 0.29) is 5.56 Å². The maximum Gasteiger partial charge on any atom is 0.253 e. The fraction of sp³-hybridized carbons (Fsp3) is 0.583. The molecule has 1 aliphatic carbocycles. The molecule has 0 spiro atoms. The Hall–Kier alpha value is -1.92. The lowest BCUT2D eigenvalue weighted by Crippen LogP contribution is -2.47. The summed E-state index contributed by atoms with van der Waals surface area (Å²) in [5.41, 5.74) is 4.01. The molecule has 0 atom stereocenters. The van der Waals surface area contributed by atoms with E-state index < -0.39 is 0 Å². The van der Waals surface area contributed by atoms with Crippen LogP contribution < -0.4 is 10.9 Å². The predicted octanol–water partition coefficient (Wildman–Crippen LogP) is 4.58. The molecule has 164 valence electrons. The lowest BCUT2D eigenvalue weighted by Gasteiger charge is -2.36. The number of ether oxygens (including phenoxy) is 1. The van der Waals surface area contributed by atoms with Gasteiger partial charge in [-0.05, 0) is 74.8 Å². The molecule has 2 N–H and O–H groups in total. The lowest BCUT2D eigenvalue weighted by atomic mass is 9.94. The quantitative estimate of drug-likeness (QED) is 0.475. The minimum Gasteiger partial charge on any atom is -0.382 e. The van der Waals surface area contributed by atoms with Crippen molar-refractivity contribution in [2.45, 2.75) is 71.9 Å². The minimum absolute atomic E-state index is 0.0174. The molecule has 6 heteroatoms. The summed E-state index contributed by atoms with van der Waals surface area (Å²) in [6.07, 6.45) is 6.91. The van der Waals surface area contributed by atoms with Crippen molar-refractivity contribution in [2.75, 3.05) is 19.8 Å². The van der Waals surface area contributed by atoms with Gasteiger partial charge in [-0.1, -0.05) is 31.4 Å². The van der Waals surface area contributed by atoms with Gasteiger partial charge >= 0.3 is 0 Å². The minimum atomic E-state index is -0.0174. The highest BCUT2D eigenvalue weighted by Crippen LogP contribution is 2.25. The van der Waals surface area contributed by atoms with Crippen LogP contribution in [0.1, 0.15) is 62.1 Å². The smallest absolute Gasteiger partial charge is 0.253 e. The molecule has 30 heavy (non-hydrogen) atoms. The van der Waals surface area contributed by atoms with Crippen molar-refractivity contribution in [3.05, 3.63) is 45.2 Å². The van der Waals surface area contributed by atoms with Crippen LogP contribution in [0.4, 0.5) is 0 Å². The summed E-state index contributed by atoms with van der Waals surface area (Å²) in [5, 5.41) is 5.22. The van der Waals surface area contributed by atoms with E-state index >= 15 is 0 Å². The summed E-state index contributed by atoms with van der Waals surface area (Å²) in [4.78, 5) is 18.3. The first kappa shape index (κ1) is 22.8. The van der Waals surface area contributed by atoms with Gasteiger partial charge in [0.1, 0.15) is 0 Å². The van der Waals surface area contributed by atoms with Gasteiger partial charge in [-0.25, -0.2) is 0 Å². The number of aryl methyl sites for hydroxylation is 2. The number of rotatable bonds is 8. The Balaban J connectivity index is 1.80. The first-order valence-electron chi connectivity index (χ1n) is 11.3. The van der Waals surface area contributed by atoms with Crippen LogP contribution in [0.3, 0.4) is 0 Å². The molecule has 1 aliphatic rings. The maximum atomic E-state index is 12.9. The molecule has 1 saturated carbocycles. The first-order chi connectivity index (χ1) is 14.5. The van der Waals surface area contributed by atoms with Gasteiger partial charge < -0.3 is 19.9 Å². The number of thiocarbonyl (C=S) groups is 1. The molecular formula is C24H35N3O2S. The van der Waals surface area contributed by atoms with Crippen LogP contribution in [-0.4, -0.2) is 40.8 Å². The highest BCUT2D eigenvalue weighted by molar-refractivity contribution is 7.80. The number of benzene rings is 1. The molecule has 0 bridgehead atoms. The molecule has 0 amide bonds. The van der Waals surface area contributed by atoms with Crippen molar-refractivity contribution < 1.29 is 4.74 Å². The van der Waals surface area contributed by atoms with Crippen LogP contribution in [0.25, 0.3) is 10.9 Å². The maximum absolute atomic E-state index is 12.9. The second-order valence-electron chi connectivity index (χ2n) is 8.30. The standard InChI is InChI=1S/C24H35N3O2S/c1-4-29-14-8-13-25-24(30)27(21-9-6-5-7-10-21)16-20-15-19-12-11-17(2)18(3)22(19)26-23(20)28/h11-12,15,21H,4-10,13-14,16H2,1-3H3,(H,25,30)(H,26,28). The largest absolute Gasteiger partial charge is 0.382 e. The highest BCUT2D eigenvalue weighted by atomic mass is 32.1. The van der Waals surface area contributed by atoms with Gasteiger partial charge in [-0.3, -0.25) is 4.79 Å². The second kappa shape index (κ2) is 10.9. The van der Waals surface area contributed by atoms with E-state index in [4.69, 9.17) is 17.0 Å². The number of aromatic nitrogens is 1. The third kappa shape index (κ3) is 5.61. The first-order valence-corrected chi connectivity index (χ1v) is 11.7. The summed E-state index contributed by atoms with van der Waals surface area (Å²) in [7, 11) is 0. The zero-order chi connectivity index (χ0) is 21.5. The Labute approximate surface area is 185 Å². The summed E-state index contributed by atoms with van der Waals surface area (Å²) in [6.45, 7) is 8.94. The molecule has 2 aromatic rings. The van der Waals surface area contributed by atoms with Crippen LogP contribution >= 0.6 is 12.2 Å². The van der Waals surface area contributed by atoms with Crippen LogP contribution in [0.5, 0.6) is 0 Å². The van der Waals surface area contributed by atoms with Crippen molar-refractivity contribution in [3.63, 3.8) is 0 Å². The number of aromatic amines is 1. The Bertz CT molecular complexity index is 919. The lowest BCUT2D eigenvalue weighted by molar-refractivity contribution is 0.145. The van der Waals surface area contributed by atoms with Gasteiger partial charge in [-0.15, -0.1) is 0 Å². The van der Waals surface area contributed by atoms with E-state index in [0.717, 1.165) is 66.2 Å². The molecular weight excluding hydrogens is 394 g/mol. The van der Waals surface area contributed by atoms with Crippen LogP contribution in [0.2, 0.25) is 0 Å². The Morgan fingerprint density at radius 2 is 2.03 bits per heavy atom. The fourth-order valence-electron chi connectivity index (χ4n) is 4.25. The monoisotopic (exact) mass is 429 g/mol. The fourth-order valence-corrected chi connectivity index (χ4v) is 4.56. The molecule has 0 saturated heterocycles. The summed E-state index contributed by atoms with van der Waals surface area (Å²) in [6, 6.07) is 6.63. The molecule has 5 nitrogen and oxygen atoms in total. The van der Waals surface area contributed by atoms with Gasteiger partial charge in [0.05, 0.1) is 12.1 Å². The molecule has 3 rings (SSSR count). The van der Waals surface area contributed by atoms with Crippen molar-refractivity contribution in [1.82, 2.24) is 15.2 Å². The zero-order valence-electron chi connectivity index (χ0n) is 18.6. The van der Waals surface area contributed by atoms with Crippen LogP contribution in [0, 0.1) is 13.8 Å². The molecule has 0 aliphatic heterocycles. The van der Waals surface area contributed by atoms with Crippen molar-refractivity contribution in [3.8, 4) is 0 Å². The van der Waals surface area contributed by atoms with E-state index in [1.165, 1.54) is 24.8 Å². The number of H-pyrrole nitrogens is 1. The van der Waals surface area contributed by atoms with Gasteiger partial charge in [0, 0.05) is 31.4 Å². The third-order valence-electron chi connectivity index (χ3n) is 6.19. The van der Waals surface area contributed by atoms with Gasteiger partial charge in [0.15, 0.2) is 5.11 Å². The van der Waals surface area contributed by atoms with Gasteiger partial charge in [0.2, 0.25) is 0 Å². The summed E-state index contributed by atoms with van der Waals surface area (Å²) in [5.74, 6) is 0. The molecule has 0 radical (unpaired) electrons. The highest BCUT2D eigenvalue weighted by Gasteiger charge is 2.24. The average Bonchev–Trinajstić information content (AvgIpc) is 2.76. The molecule has 0 unspecified atom stereocenters. The van der Waals surface area contributed by atoms with Crippen LogP contribution in [-0.2, 0) is 11.3 Å². The second-order valence-corrected chi connectivity index (χ2v) is 8.68. The molecule has 1 fully saturated rings. The number of fused-ring (bicyclic) bond motifs is 1. The Kier molecular flexibility index (Phi) is 8.28.